The van der Waals surface area contributed by atoms with Gasteiger partial charge in [0.1, 0.15) is 28.6 Å². The Morgan fingerprint density at radius 1 is 0.973 bits per heavy atom. The number of aromatic nitrogens is 6. The Hall–Kier alpha value is -4.76. The van der Waals surface area contributed by atoms with E-state index in [1.165, 1.54) is 0 Å². The Morgan fingerprint density at radius 3 is 2.65 bits per heavy atom. The van der Waals surface area contributed by atoms with Crippen LogP contribution in [0.1, 0.15) is 17.0 Å². The Labute approximate surface area is 212 Å². The molecule has 0 saturated heterocycles. The number of aromatic amines is 1. The molecular formula is C28H25N7O2. The first-order chi connectivity index (χ1) is 18.1. The first-order valence-electron chi connectivity index (χ1n) is 11.8. The molecule has 3 N–H and O–H groups in total. The fourth-order valence-corrected chi connectivity index (χ4v) is 4.47. The molecule has 0 unspecified atom stereocenters. The van der Waals surface area contributed by atoms with Crippen LogP contribution in [-0.2, 0) is 18.0 Å². The number of nitrogens with one attached hydrogen (secondary N) is 1. The first kappa shape index (κ1) is 22.7. The number of hydrogen-bond donors (Lipinski definition) is 2. The number of aryl methyl sites for hydroxylation is 1. The van der Waals surface area contributed by atoms with Gasteiger partial charge in [-0.05, 0) is 54.4 Å². The molecule has 0 spiro atoms. The summed E-state index contributed by atoms with van der Waals surface area (Å²) in [4.78, 5) is 21.7. The lowest BCUT2D eigenvalue weighted by Crippen LogP contribution is -2.04. The van der Waals surface area contributed by atoms with Crippen molar-refractivity contribution in [3.63, 3.8) is 0 Å². The van der Waals surface area contributed by atoms with Crippen LogP contribution in [0.2, 0.25) is 0 Å². The summed E-state index contributed by atoms with van der Waals surface area (Å²) in [5.74, 6) is 2.18. The number of anilines is 1. The molecule has 0 radical (unpaired) electrons. The van der Waals surface area contributed by atoms with Gasteiger partial charge in [-0.25, -0.2) is 19.9 Å². The van der Waals surface area contributed by atoms with E-state index in [0.717, 1.165) is 39.2 Å². The molecule has 6 aromatic rings. The highest BCUT2D eigenvalue weighted by atomic mass is 16.5. The predicted octanol–water partition coefficient (Wildman–Crippen LogP) is 4.97. The number of H-pyrrole nitrogens is 1. The molecule has 0 atom stereocenters. The number of hydrogen-bond acceptors (Lipinski definition) is 7. The molecular weight excluding hydrogens is 466 g/mol. The number of pyridine rings is 1. The van der Waals surface area contributed by atoms with E-state index in [2.05, 4.69) is 21.0 Å². The molecule has 2 aromatic carbocycles. The molecule has 37 heavy (non-hydrogen) atoms. The van der Waals surface area contributed by atoms with E-state index in [9.17, 15) is 0 Å². The molecule has 4 heterocycles. The second-order valence-electron chi connectivity index (χ2n) is 8.74. The minimum absolute atomic E-state index is 0.388. The highest BCUT2D eigenvalue weighted by molar-refractivity contribution is 5.94. The van der Waals surface area contributed by atoms with E-state index >= 15 is 0 Å². The number of nitrogen functional groups attached to an aromatic ring is 1. The number of imidazole rings is 1. The normalized spacial score (nSPS) is 11.4. The van der Waals surface area contributed by atoms with Gasteiger partial charge in [0.15, 0.2) is 5.65 Å². The molecule has 4 aromatic heterocycles. The number of fused-ring (bicyclic) bond motifs is 2. The lowest BCUT2D eigenvalue weighted by atomic mass is 10.1. The third-order valence-electron chi connectivity index (χ3n) is 6.26. The zero-order valence-corrected chi connectivity index (χ0v) is 20.5. The maximum atomic E-state index is 6.23. The van der Waals surface area contributed by atoms with Crippen molar-refractivity contribution in [3.8, 4) is 22.8 Å². The number of rotatable bonds is 7. The highest BCUT2D eigenvalue weighted by Crippen LogP contribution is 2.33. The summed E-state index contributed by atoms with van der Waals surface area (Å²) >= 11 is 0. The van der Waals surface area contributed by atoms with Gasteiger partial charge in [0.2, 0.25) is 0 Å². The third-order valence-corrected chi connectivity index (χ3v) is 6.26. The molecule has 0 aliphatic carbocycles. The second kappa shape index (κ2) is 9.36. The monoisotopic (exact) mass is 491 g/mol. The predicted molar refractivity (Wildman–Crippen MR) is 142 cm³/mol. The van der Waals surface area contributed by atoms with Crippen molar-refractivity contribution in [1.82, 2.24) is 29.5 Å². The van der Waals surface area contributed by atoms with Crippen molar-refractivity contribution in [1.29, 1.82) is 0 Å². The van der Waals surface area contributed by atoms with Gasteiger partial charge in [0.25, 0.3) is 0 Å². The van der Waals surface area contributed by atoms with Crippen LogP contribution in [0.25, 0.3) is 39.1 Å². The van der Waals surface area contributed by atoms with Crippen molar-refractivity contribution in [2.45, 2.75) is 20.1 Å². The minimum Gasteiger partial charge on any atom is -0.497 e. The fraction of sp³-hybridized carbons (Fsp3) is 0.143. The van der Waals surface area contributed by atoms with Crippen LogP contribution in [0.3, 0.4) is 0 Å². The van der Waals surface area contributed by atoms with Gasteiger partial charge < -0.3 is 24.8 Å². The molecule has 0 bridgehead atoms. The summed E-state index contributed by atoms with van der Waals surface area (Å²) in [6.45, 7) is 2.72. The molecule has 0 aliphatic heterocycles. The number of nitrogens with zero attached hydrogens (tertiary/aromatic N) is 5. The summed E-state index contributed by atoms with van der Waals surface area (Å²) in [6.07, 6.45) is 5.44. The number of nitrogens with two attached hydrogens (primary N) is 1. The van der Waals surface area contributed by atoms with Gasteiger partial charge in [-0.3, -0.25) is 0 Å². The topological polar surface area (TPSA) is 117 Å². The van der Waals surface area contributed by atoms with E-state index in [1.807, 2.05) is 72.4 Å². The lowest BCUT2D eigenvalue weighted by Gasteiger charge is -2.14. The van der Waals surface area contributed by atoms with E-state index in [0.29, 0.717) is 41.6 Å². The van der Waals surface area contributed by atoms with Gasteiger partial charge in [0, 0.05) is 29.0 Å². The zero-order valence-electron chi connectivity index (χ0n) is 20.5. The molecule has 9 nitrogen and oxygen atoms in total. The van der Waals surface area contributed by atoms with Gasteiger partial charge in [-0.2, -0.15) is 0 Å². The van der Waals surface area contributed by atoms with E-state index in [-0.39, 0.29) is 0 Å². The number of methoxy groups -OCH3 is 1. The van der Waals surface area contributed by atoms with Gasteiger partial charge in [-0.1, -0.05) is 18.2 Å². The first-order valence-corrected chi connectivity index (χ1v) is 11.8. The van der Waals surface area contributed by atoms with Crippen LogP contribution in [0.4, 0.5) is 5.69 Å². The molecule has 184 valence electrons. The van der Waals surface area contributed by atoms with E-state index < -0.39 is 0 Å². The average molecular weight is 492 g/mol. The molecule has 0 saturated carbocycles. The van der Waals surface area contributed by atoms with Gasteiger partial charge in [-0.15, -0.1) is 0 Å². The average Bonchev–Trinajstić information content (AvgIpc) is 3.56. The lowest BCUT2D eigenvalue weighted by molar-refractivity contribution is 0.107. The minimum atomic E-state index is 0.388. The largest absolute Gasteiger partial charge is 0.497 e. The summed E-state index contributed by atoms with van der Waals surface area (Å²) < 4.78 is 13.3. The second-order valence-corrected chi connectivity index (χ2v) is 8.74. The standard InChI is InChI=1S/C28H25N7O2/c1-17-33-25(26-27(34-17)32-16-31-26)22-12-19(15-37-14-18-6-8-20(36-2)9-7-18)13-30-28(22)35-11-10-21-23(29)4-3-5-24(21)35/h3-13,16H,14-15,29H2,1-2H3,(H,31,32,33,34). The SMILES string of the molecule is COc1ccc(COCc2cnc(-n3ccc4c(N)cccc43)c(-c3nc(C)nc4[nH]cnc34)c2)cc1. The van der Waals surface area contributed by atoms with E-state index in [1.54, 1.807) is 13.4 Å². The van der Waals surface area contributed by atoms with Crippen molar-refractivity contribution in [2.75, 3.05) is 12.8 Å². The quantitative estimate of drug-likeness (QED) is 0.303. The maximum absolute atomic E-state index is 6.23. The van der Waals surface area contributed by atoms with Crippen molar-refractivity contribution in [2.24, 2.45) is 0 Å². The van der Waals surface area contributed by atoms with Crippen LogP contribution >= 0.6 is 0 Å². The number of benzene rings is 2. The van der Waals surface area contributed by atoms with Crippen molar-refractivity contribution < 1.29 is 9.47 Å². The van der Waals surface area contributed by atoms with Crippen LogP contribution in [0.15, 0.2) is 73.3 Å². The Kier molecular flexibility index (Phi) is 5.74. The molecule has 9 heteroatoms. The molecule has 0 fully saturated rings. The fourth-order valence-electron chi connectivity index (χ4n) is 4.47. The number of ether oxygens (including phenoxy) is 2. The highest BCUT2D eigenvalue weighted by Gasteiger charge is 2.19. The van der Waals surface area contributed by atoms with Crippen LogP contribution in [0.5, 0.6) is 5.75 Å². The summed E-state index contributed by atoms with van der Waals surface area (Å²) in [5, 5.41) is 0.964. The van der Waals surface area contributed by atoms with Crippen LogP contribution in [0, 0.1) is 6.92 Å². The van der Waals surface area contributed by atoms with Crippen molar-refractivity contribution in [3.05, 3.63) is 90.3 Å². The summed E-state index contributed by atoms with van der Waals surface area (Å²) in [5.41, 5.74) is 12.8. The van der Waals surface area contributed by atoms with Gasteiger partial charge in [0.05, 0.1) is 32.2 Å². The maximum Gasteiger partial charge on any atom is 0.161 e. The zero-order chi connectivity index (χ0) is 25.4. The molecule has 0 aliphatic rings. The smallest absolute Gasteiger partial charge is 0.161 e. The Morgan fingerprint density at radius 2 is 1.81 bits per heavy atom. The summed E-state index contributed by atoms with van der Waals surface area (Å²) in [7, 11) is 1.65. The van der Waals surface area contributed by atoms with E-state index in [4.69, 9.17) is 25.2 Å². The van der Waals surface area contributed by atoms with Crippen molar-refractivity contribution >= 4 is 27.8 Å². The third kappa shape index (κ3) is 4.25. The van der Waals surface area contributed by atoms with Gasteiger partial charge >= 0.3 is 0 Å². The Balaban J connectivity index is 1.41. The van der Waals surface area contributed by atoms with Crippen LogP contribution < -0.4 is 10.5 Å². The Bertz CT molecular complexity index is 1720. The molecule has 6 rings (SSSR count). The molecule has 0 amide bonds. The van der Waals surface area contributed by atoms with Crippen LogP contribution in [-0.4, -0.2) is 36.6 Å². The summed E-state index contributed by atoms with van der Waals surface area (Å²) in [6, 6.07) is 17.8.